The van der Waals surface area contributed by atoms with E-state index >= 15 is 0 Å². The number of nitrogens with zero attached hydrogens (tertiary/aromatic N) is 5. The van der Waals surface area contributed by atoms with Crippen molar-refractivity contribution in [1.29, 1.82) is 0 Å². The number of anilines is 2. The minimum Gasteiger partial charge on any atom is -0.467 e. The van der Waals surface area contributed by atoms with Gasteiger partial charge in [-0.05, 0) is 63.3 Å². The summed E-state index contributed by atoms with van der Waals surface area (Å²) in [4.78, 5) is 18.5. The largest absolute Gasteiger partial charge is 0.467 e. The summed E-state index contributed by atoms with van der Waals surface area (Å²) in [5.41, 5.74) is 10.9. The predicted octanol–water partition coefficient (Wildman–Crippen LogP) is 3.44. The maximum Gasteiger partial charge on any atom is 0.188 e. The van der Waals surface area contributed by atoms with Crippen LogP contribution in [0.3, 0.4) is 0 Å². The number of benzene rings is 1. The van der Waals surface area contributed by atoms with Gasteiger partial charge in [-0.25, -0.2) is 9.97 Å². The Balaban J connectivity index is 1.67. The molecule has 1 aliphatic rings. The minimum atomic E-state index is 0.120. The molecule has 0 aliphatic carbocycles. The van der Waals surface area contributed by atoms with Gasteiger partial charge in [0, 0.05) is 56.3 Å². The van der Waals surface area contributed by atoms with E-state index in [1.54, 1.807) is 26.4 Å². The van der Waals surface area contributed by atoms with Crippen molar-refractivity contribution in [2.75, 3.05) is 58.8 Å². The van der Waals surface area contributed by atoms with Gasteiger partial charge in [-0.15, -0.1) is 0 Å². The van der Waals surface area contributed by atoms with Crippen LogP contribution in [0.5, 0.6) is 5.75 Å². The Kier molecular flexibility index (Phi) is 7.05. The van der Waals surface area contributed by atoms with Crippen LogP contribution in [0.2, 0.25) is 0 Å². The van der Waals surface area contributed by atoms with Gasteiger partial charge in [-0.3, -0.25) is 4.99 Å². The molecule has 3 heterocycles. The minimum absolute atomic E-state index is 0.120. The van der Waals surface area contributed by atoms with Crippen LogP contribution in [0.25, 0.3) is 22.3 Å². The maximum absolute atomic E-state index is 6.18. The first-order valence-electron chi connectivity index (χ1n) is 11.2. The second-order valence-electron chi connectivity index (χ2n) is 8.46. The van der Waals surface area contributed by atoms with Gasteiger partial charge >= 0.3 is 0 Å². The number of ether oxygens (including phenoxy) is 2. The van der Waals surface area contributed by atoms with Crippen LogP contribution >= 0.6 is 0 Å². The van der Waals surface area contributed by atoms with Crippen molar-refractivity contribution >= 4 is 28.8 Å². The Hall–Kier alpha value is -3.23. The molecule has 2 aromatic heterocycles. The smallest absolute Gasteiger partial charge is 0.188 e. The summed E-state index contributed by atoms with van der Waals surface area (Å²) in [6, 6.07) is 12.3. The number of likely N-dealkylation sites (tertiary alicyclic amines) is 1. The molecule has 0 radical (unpaired) electrons. The van der Waals surface area contributed by atoms with Crippen molar-refractivity contribution in [2.24, 2.45) is 4.99 Å². The van der Waals surface area contributed by atoms with Gasteiger partial charge in [-0.2, -0.15) is 0 Å². The summed E-state index contributed by atoms with van der Waals surface area (Å²) < 4.78 is 10.9. The van der Waals surface area contributed by atoms with Crippen LogP contribution in [0, 0.1) is 0 Å². The third-order valence-corrected chi connectivity index (χ3v) is 6.19. The fourth-order valence-corrected chi connectivity index (χ4v) is 4.22. The predicted molar refractivity (Wildman–Crippen MR) is 134 cm³/mol. The number of aliphatic imine (C=N–C) groups is 1. The number of hydrogen-bond donors (Lipinski definition) is 1. The molecule has 0 spiro atoms. The number of pyridine rings is 2. The van der Waals surface area contributed by atoms with Gasteiger partial charge in [-0.1, -0.05) is 0 Å². The van der Waals surface area contributed by atoms with E-state index in [1.165, 1.54) is 0 Å². The van der Waals surface area contributed by atoms with Crippen molar-refractivity contribution in [1.82, 2.24) is 14.9 Å². The molecule has 0 unspecified atom stereocenters. The highest BCUT2D eigenvalue weighted by Crippen LogP contribution is 2.34. The molecule has 0 amide bonds. The van der Waals surface area contributed by atoms with Crippen molar-refractivity contribution in [2.45, 2.75) is 18.9 Å². The first-order chi connectivity index (χ1) is 16.0. The van der Waals surface area contributed by atoms with E-state index in [1.807, 2.05) is 24.3 Å². The topological polar surface area (TPSA) is 89.1 Å². The van der Waals surface area contributed by atoms with Crippen molar-refractivity contribution in [3.63, 3.8) is 0 Å². The quantitative estimate of drug-likeness (QED) is 0.336. The van der Waals surface area contributed by atoms with Crippen molar-refractivity contribution in [3.05, 3.63) is 42.0 Å². The first-order valence-corrected chi connectivity index (χ1v) is 11.2. The van der Waals surface area contributed by atoms with E-state index in [0.29, 0.717) is 17.5 Å². The number of aromatic nitrogens is 2. The van der Waals surface area contributed by atoms with Gasteiger partial charge in [0.15, 0.2) is 6.79 Å². The van der Waals surface area contributed by atoms with Crippen LogP contribution in [0.1, 0.15) is 18.4 Å². The molecule has 1 fully saturated rings. The van der Waals surface area contributed by atoms with E-state index in [9.17, 15) is 0 Å². The SMILES string of the molecule is CN=Cc1cc(-c2ccc3nc(N(C)C4CCN(C)CC4)ccc3n2)c(OCOC)cc1N. The average Bonchev–Trinajstić information content (AvgIpc) is 2.83. The third-order valence-electron chi connectivity index (χ3n) is 6.19. The summed E-state index contributed by atoms with van der Waals surface area (Å²) >= 11 is 0. The zero-order chi connectivity index (χ0) is 23.4. The lowest BCUT2D eigenvalue weighted by Crippen LogP contribution is -2.42. The number of piperidine rings is 1. The first kappa shape index (κ1) is 22.9. The van der Waals surface area contributed by atoms with Crippen molar-refractivity contribution in [3.8, 4) is 17.0 Å². The molecule has 174 valence electrons. The molecule has 3 aromatic rings. The Morgan fingerprint density at radius 3 is 2.61 bits per heavy atom. The van der Waals surface area contributed by atoms with Crippen molar-refractivity contribution < 1.29 is 9.47 Å². The van der Waals surface area contributed by atoms with E-state index in [-0.39, 0.29) is 6.79 Å². The van der Waals surface area contributed by atoms with Gasteiger partial charge in [0.1, 0.15) is 11.6 Å². The normalized spacial score (nSPS) is 15.4. The number of fused-ring (bicyclic) bond motifs is 1. The summed E-state index contributed by atoms with van der Waals surface area (Å²) in [5.74, 6) is 1.59. The second kappa shape index (κ2) is 10.1. The Morgan fingerprint density at radius 1 is 1.15 bits per heavy atom. The number of hydrogen-bond acceptors (Lipinski definition) is 8. The standard InChI is InChI=1S/C25H32N6O2/c1-27-15-17-13-19(24(14-20(17)26)33-16-32-4)21-5-6-23-22(28-21)7-8-25(29-23)31(3)18-9-11-30(2)12-10-18/h5-8,13-15,18H,9-12,16,26H2,1-4H3. The Bertz CT molecular complexity index is 1140. The molecular weight excluding hydrogens is 416 g/mol. The molecule has 0 saturated carbocycles. The molecule has 0 atom stereocenters. The van der Waals surface area contributed by atoms with E-state index in [0.717, 1.165) is 59.6 Å². The second-order valence-corrected chi connectivity index (χ2v) is 8.46. The van der Waals surface area contributed by atoms with E-state index in [4.69, 9.17) is 25.2 Å². The molecule has 2 N–H and O–H groups in total. The Morgan fingerprint density at radius 2 is 1.88 bits per heavy atom. The van der Waals surface area contributed by atoms with Gasteiger partial charge in [0.2, 0.25) is 0 Å². The van der Waals surface area contributed by atoms with Crippen LogP contribution in [0.4, 0.5) is 11.5 Å². The van der Waals surface area contributed by atoms with Crippen LogP contribution in [-0.4, -0.2) is 75.3 Å². The highest BCUT2D eigenvalue weighted by molar-refractivity contribution is 5.91. The van der Waals surface area contributed by atoms with Crippen LogP contribution in [-0.2, 0) is 4.74 Å². The number of rotatable bonds is 7. The van der Waals surface area contributed by atoms with Crippen LogP contribution in [0.15, 0.2) is 41.4 Å². The van der Waals surface area contributed by atoms with Gasteiger partial charge in [0.25, 0.3) is 0 Å². The lowest BCUT2D eigenvalue weighted by Gasteiger charge is -2.35. The highest BCUT2D eigenvalue weighted by atomic mass is 16.7. The van der Waals surface area contributed by atoms with Crippen LogP contribution < -0.4 is 15.4 Å². The summed E-state index contributed by atoms with van der Waals surface area (Å²) in [5, 5.41) is 0. The molecular formula is C25H32N6O2. The fourth-order valence-electron chi connectivity index (χ4n) is 4.22. The molecule has 0 bridgehead atoms. The maximum atomic E-state index is 6.18. The number of methoxy groups -OCH3 is 1. The lowest BCUT2D eigenvalue weighted by molar-refractivity contribution is 0.0516. The zero-order valence-corrected chi connectivity index (χ0v) is 19.8. The highest BCUT2D eigenvalue weighted by Gasteiger charge is 2.22. The van der Waals surface area contributed by atoms with Gasteiger partial charge < -0.3 is 25.0 Å². The van der Waals surface area contributed by atoms with Gasteiger partial charge in [0.05, 0.1) is 16.7 Å². The number of nitrogens with two attached hydrogens (primary N) is 1. The molecule has 33 heavy (non-hydrogen) atoms. The number of nitrogen functional groups attached to an aromatic ring is 1. The molecule has 1 aliphatic heterocycles. The molecule has 1 saturated heterocycles. The molecule has 4 rings (SSSR count). The fraction of sp³-hybridized carbons (Fsp3) is 0.400. The molecule has 8 heteroatoms. The Labute approximate surface area is 195 Å². The average molecular weight is 449 g/mol. The van der Waals surface area contributed by atoms with E-state index in [2.05, 4.69) is 35.0 Å². The summed E-state index contributed by atoms with van der Waals surface area (Å²) in [6.07, 6.45) is 4.02. The third kappa shape index (κ3) is 5.07. The lowest BCUT2D eigenvalue weighted by atomic mass is 10.0. The molecule has 1 aromatic carbocycles. The van der Waals surface area contributed by atoms with E-state index < -0.39 is 0 Å². The monoisotopic (exact) mass is 448 g/mol. The zero-order valence-electron chi connectivity index (χ0n) is 19.8. The molecule has 8 nitrogen and oxygen atoms in total. The summed E-state index contributed by atoms with van der Waals surface area (Å²) in [6.45, 7) is 2.36. The summed E-state index contributed by atoms with van der Waals surface area (Å²) in [7, 11) is 7.62.